The zero-order valence-electron chi connectivity index (χ0n) is 15.3. The molecule has 0 bridgehead atoms. The standard InChI is InChI=1S/C18H16N2O.C3H8/c1-9-10(2)12(4)16-15(11(9)3)17-19-13-7-5-6-8-14(13)20(17)18(16)21;1-3-2/h5-8H,1-4H3;3H2,1-2H3. The summed E-state index contributed by atoms with van der Waals surface area (Å²) < 4.78 is 1.76. The number of imidazole rings is 1. The third-order valence-corrected chi connectivity index (χ3v) is 4.89. The summed E-state index contributed by atoms with van der Waals surface area (Å²) in [5.41, 5.74) is 8.29. The van der Waals surface area contributed by atoms with Crippen molar-refractivity contribution in [3.8, 4) is 11.4 Å². The summed E-state index contributed by atoms with van der Waals surface area (Å²) in [5, 5.41) is 0. The number of hydrogen-bond donors (Lipinski definition) is 0. The van der Waals surface area contributed by atoms with Crippen molar-refractivity contribution in [3.63, 3.8) is 0 Å². The van der Waals surface area contributed by atoms with Crippen molar-refractivity contribution in [1.29, 1.82) is 0 Å². The second-order valence-corrected chi connectivity index (χ2v) is 6.52. The molecule has 4 rings (SSSR count). The SMILES string of the molecule is CCC.Cc1c(C)c(C)c2c(c1C)C(=O)n1c-2nc2ccccc21. The van der Waals surface area contributed by atoms with Crippen molar-refractivity contribution in [2.24, 2.45) is 0 Å². The first kappa shape index (κ1) is 16.4. The quantitative estimate of drug-likeness (QED) is 0.437. The monoisotopic (exact) mass is 320 g/mol. The van der Waals surface area contributed by atoms with Gasteiger partial charge in [0.05, 0.1) is 16.6 Å². The Morgan fingerprint density at radius 2 is 1.42 bits per heavy atom. The fraction of sp³-hybridized carbons (Fsp3) is 0.333. The van der Waals surface area contributed by atoms with Gasteiger partial charge in [-0.25, -0.2) is 4.98 Å². The Hall–Kier alpha value is -2.42. The highest BCUT2D eigenvalue weighted by Gasteiger charge is 2.34. The van der Waals surface area contributed by atoms with Gasteiger partial charge in [-0.05, 0) is 62.1 Å². The molecule has 0 radical (unpaired) electrons. The summed E-state index contributed by atoms with van der Waals surface area (Å²) in [6.07, 6.45) is 1.25. The van der Waals surface area contributed by atoms with Gasteiger partial charge in [-0.2, -0.15) is 0 Å². The first-order chi connectivity index (χ1) is 11.4. The Kier molecular flexibility index (Phi) is 4.04. The van der Waals surface area contributed by atoms with E-state index >= 15 is 0 Å². The summed E-state index contributed by atoms with van der Waals surface area (Å²) in [7, 11) is 0. The molecule has 0 saturated heterocycles. The van der Waals surface area contributed by atoms with E-state index in [-0.39, 0.29) is 5.91 Å². The van der Waals surface area contributed by atoms with E-state index in [1.807, 2.05) is 31.2 Å². The molecule has 1 aliphatic rings. The van der Waals surface area contributed by atoms with Crippen LogP contribution < -0.4 is 0 Å². The number of para-hydroxylation sites is 2. The van der Waals surface area contributed by atoms with E-state index < -0.39 is 0 Å². The van der Waals surface area contributed by atoms with Crippen LogP contribution in [0.2, 0.25) is 0 Å². The average molecular weight is 320 g/mol. The highest BCUT2D eigenvalue weighted by Crippen LogP contribution is 2.41. The van der Waals surface area contributed by atoms with Crippen LogP contribution in [0.15, 0.2) is 24.3 Å². The topological polar surface area (TPSA) is 34.9 Å². The molecule has 0 fully saturated rings. The van der Waals surface area contributed by atoms with Gasteiger partial charge >= 0.3 is 0 Å². The molecule has 3 aromatic rings. The molecule has 0 aliphatic carbocycles. The van der Waals surface area contributed by atoms with Crippen LogP contribution in [0, 0.1) is 27.7 Å². The number of aromatic nitrogens is 2. The van der Waals surface area contributed by atoms with Gasteiger partial charge in [-0.15, -0.1) is 0 Å². The van der Waals surface area contributed by atoms with Gasteiger partial charge in [0, 0.05) is 5.56 Å². The van der Waals surface area contributed by atoms with Gasteiger partial charge in [0.25, 0.3) is 5.91 Å². The molecule has 0 N–H and O–H groups in total. The molecule has 3 nitrogen and oxygen atoms in total. The summed E-state index contributed by atoms with van der Waals surface area (Å²) in [4.78, 5) is 17.6. The first-order valence-electron chi connectivity index (χ1n) is 8.56. The molecule has 1 aliphatic heterocycles. The average Bonchev–Trinajstić information content (AvgIpc) is 3.07. The third-order valence-electron chi connectivity index (χ3n) is 4.89. The molecule has 24 heavy (non-hydrogen) atoms. The maximum absolute atomic E-state index is 12.9. The predicted octanol–water partition coefficient (Wildman–Crippen LogP) is 5.36. The van der Waals surface area contributed by atoms with Crippen molar-refractivity contribution in [1.82, 2.24) is 9.55 Å². The number of carbonyl (C=O) groups is 1. The Balaban J connectivity index is 0.000000526. The number of carbonyl (C=O) groups excluding carboxylic acids is 1. The van der Waals surface area contributed by atoms with E-state index in [0.717, 1.165) is 39.1 Å². The smallest absolute Gasteiger partial charge is 0.265 e. The van der Waals surface area contributed by atoms with Gasteiger partial charge < -0.3 is 0 Å². The van der Waals surface area contributed by atoms with Crippen LogP contribution in [-0.2, 0) is 0 Å². The minimum Gasteiger partial charge on any atom is -0.268 e. The molecule has 0 spiro atoms. The van der Waals surface area contributed by atoms with Crippen LogP contribution in [0.4, 0.5) is 0 Å². The molecule has 0 amide bonds. The molecule has 2 aromatic carbocycles. The molecular formula is C21H24N2O. The van der Waals surface area contributed by atoms with Crippen LogP contribution in [0.5, 0.6) is 0 Å². The van der Waals surface area contributed by atoms with Crippen molar-refractivity contribution < 1.29 is 4.79 Å². The van der Waals surface area contributed by atoms with E-state index in [4.69, 9.17) is 4.98 Å². The van der Waals surface area contributed by atoms with E-state index in [9.17, 15) is 4.79 Å². The van der Waals surface area contributed by atoms with Gasteiger partial charge in [0.2, 0.25) is 0 Å². The van der Waals surface area contributed by atoms with Crippen molar-refractivity contribution in [2.75, 3.05) is 0 Å². The van der Waals surface area contributed by atoms with Gasteiger partial charge in [-0.3, -0.25) is 9.36 Å². The number of benzene rings is 2. The molecule has 3 heteroatoms. The van der Waals surface area contributed by atoms with Gasteiger partial charge in [0.1, 0.15) is 5.82 Å². The minimum absolute atomic E-state index is 0.0531. The lowest BCUT2D eigenvalue weighted by molar-refractivity contribution is 0.0973. The lowest BCUT2D eigenvalue weighted by atomic mass is 9.90. The van der Waals surface area contributed by atoms with Crippen molar-refractivity contribution in [3.05, 3.63) is 52.1 Å². The number of rotatable bonds is 0. The summed E-state index contributed by atoms with van der Waals surface area (Å²) >= 11 is 0. The van der Waals surface area contributed by atoms with Crippen LogP contribution in [0.25, 0.3) is 22.4 Å². The van der Waals surface area contributed by atoms with E-state index in [1.165, 1.54) is 17.5 Å². The van der Waals surface area contributed by atoms with E-state index in [2.05, 4.69) is 34.6 Å². The lowest BCUT2D eigenvalue weighted by Gasteiger charge is -2.13. The normalized spacial score (nSPS) is 12.0. The maximum atomic E-state index is 12.9. The summed E-state index contributed by atoms with van der Waals surface area (Å²) in [5.74, 6) is 0.845. The van der Waals surface area contributed by atoms with Gasteiger partial charge in [0.15, 0.2) is 0 Å². The fourth-order valence-corrected chi connectivity index (χ4v) is 3.37. The van der Waals surface area contributed by atoms with Crippen molar-refractivity contribution in [2.45, 2.75) is 48.0 Å². The zero-order valence-corrected chi connectivity index (χ0v) is 15.3. The van der Waals surface area contributed by atoms with Gasteiger partial charge in [-0.1, -0.05) is 32.4 Å². The Labute approximate surface area is 143 Å². The Morgan fingerprint density at radius 1 is 0.875 bits per heavy atom. The highest BCUT2D eigenvalue weighted by molar-refractivity contribution is 6.14. The Morgan fingerprint density at radius 3 is 2.04 bits per heavy atom. The van der Waals surface area contributed by atoms with Crippen LogP contribution in [0.1, 0.15) is 52.9 Å². The summed E-state index contributed by atoms with van der Waals surface area (Å²) in [6, 6.07) is 7.82. The largest absolute Gasteiger partial charge is 0.268 e. The molecule has 1 aromatic heterocycles. The van der Waals surface area contributed by atoms with E-state index in [1.54, 1.807) is 4.57 Å². The number of nitrogens with zero attached hydrogens (tertiary/aromatic N) is 2. The molecule has 0 saturated carbocycles. The molecule has 2 heterocycles. The Bertz CT molecular complexity index is 964. The van der Waals surface area contributed by atoms with Crippen LogP contribution in [0.3, 0.4) is 0 Å². The van der Waals surface area contributed by atoms with Crippen molar-refractivity contribution >= 4 is 16.9 Å². The number of hydrogen-bond acceptors (Lipinski definition) is 2. The van der Waals surface area contributed by atoms with E-state index in [0.29, 0.717) is 0 Å². The third kappa shape index (κ3) is 2.11. The minimum atomic E-state index is 0.0531. The lowest BCUT2D eigenvalue weighted by Crippen LogP contribution is -2.08. The predicted molar refractivity (Wildman–Crippen MR) is 99.8 cm³/mol. The molecule has 0 atom stereocenters. The molecular weight excluding hydrogens is 296 g/mol. The second kappa shape index (κ2) is 5.90. The summed E-state index contributed by atoms with van der Waals surface area (Å²) in [6.45, 7) is 12.6. The second-order valence-electron chi connectivity index (χ2n) is 6.52. The zero-order chi connectivity index (χ0) is 17.6. The molecule has 124 valence electrons. The highest BCUT2D eigenvalue weighted by atomic mass is 16.2. The van der Waals surface area contributed by atoms with Crippen LogP contribution >= 0.6 is 0 Å². The van der Waals surface area contributed by atoms with Crippen LogP contribution in [-0.4, -0.2) is 15.5 Å². The maximum Gasteiger partial charge on any atom is 0.265 e. The number of fused-ring (bicyclic) bond motifs is 5. The first-order valence-corrected chi connectivity index (χ1v) is 8.56. The molecule has 0 unspecified atom stereocenters. The fourth-order valence-electron chi connectivity index (χ4n) is 3.37.